The number of morpholine rings is 1. The number of carbonyl (C=O) groups excluding carboxylic acids is 1. The summed E-state index contributed by atoms with van der Waals surface area (Å²) in [5.41, 5.74) is -0.264. The van der Waals surface area contributed by atoms with Crippen molar-refractivity contribution in [3.05, 3.63) is 18.5 Å². The normalized spacial score (nSPS) is 29.1. The third kappa shape index (κ3) is 3.59. The van der Waals surface area contributed by atoms with Gasteiger partial charge in [-0.05, 0) is 24.8 Å². The molecule has 1 aromatic rings. The van der Waals surface area contributed by atoms with Crippen molar-refractivity contribution in [2.75, 3.05) is 52.5 Å². The van der Waals surface area contributed by atoms with Gasteiger partial charge < -0.3 is 14.7 Å². The van der Waals surface area contributed by atoms with Crippen LogP contribution in [0.5, 0.6) is 0 Å². The minimum Gasteiger partial charge on any atom is -0.396 e. The maximum atomic E-state index is 13.1. The molecule has 0 aromatic carbocycles. The molecule has 1 aromatic heterocycles. The Kier molecular flexibility index (Phi) is 4.80. The van der Waals surface area contributed by atoms with Crippen LogP contribution in [-0.2, 0) is 16.1 Å². The highest BCUT2D eigenvalue weighted by Gasteiger charge is 2.53. The van der Waals surface area contributed by atoms with Crippen molar-refractivity contribution >= 4 is 5.91 Å². The molecule has 3 heterocycles. The third-order valence-electron chi connectivity index (χ3n) is 6.03. The molecule has 4 rings (SSSR count). The van der Waals surface area contributed by atoms with E-state index in [1.165, 1.54) is 0 Å². The Labute approximate surface area is 148 Å². The molecular formula is C18H28N4O3. The monoisotopic (exact) mass is 348 g/mol. The summed E-state index contributed by atoms with van der Waals surface area (Å²) < 4.78 is 7.29. The second kappa shape index (κ2) is 7.05. The number of nitrogens with zero attached hydrogens (tertiary/aromatic N) is 4. The fraction of sp³-hybridized carbons (Fsp3) is 0.778. The Morgan fingerprint density at radius 2 is 2.00 bits per heavy atom. The third-order valence-corrected chi connectivity index (χ3v) is 6.03. The molecule has 2 atom stereocenters. The van der Waals surface area contributed by atoms with Crippen LogP contribution in [0, 0.1) is 17.3 Å². The van der Waals surface area contributed by atoms with Gasteiger partial charge in [0.05, 0.1) is 25.2 Å². The van der Waals surface area contributed by atoms with Gasteiger partial charge >= 0.3 is 0 Å². The van der Waals surface area contributed by atoms with E-state index in [0.717, 1.165) is 52.2 Å². The summed E-state index contributed by atoms with van der Waals surface area (Å²) in [4.78, 5) is 17.5. The first-order valence-corrected chi connectivity index (χ1v) is 9.38. The first kappa shape index (κ1) is 17.0. The Morgan fingerprint density at radius 3 is 2.64 bits per heavy atom. The number of aliphatic hydroxyl groups excluding tert-OH is 1. The van der Waals surface area contributed by atoms with Gasteiger partial charge in [-0.1, -0.05) is 0 Å². The van der Waals surface area contributed by atoms with Gasteiger partial charge in [-0.3, -0.25) is 14.4 Å². The summed E-state index contributed by atoms with van der Waals surface area (Å²) in [6.45, 7) is 6.70. The molecule has 0 bridgehead atoms. The first-order valence-electron chi connectivity index (χ1n) is 9.38. The molecule has 3 fully saturated rings. The quantitative estimate of drug-likeness (QED) is 0.787. The molecule has 1 saturated carbocycles. The van der Waals surface area contributed by atoms with Crippen molar-refractivity contribution in [2.45, 2.75) is 19.4 Å². The number of hydrogen-bond donors (Lipinski definition) is 1. The summed E-state index contributed by atoms with van der Waals surface area (Å²) >= 11 is 0. The number of amides is 1. The Balaban J connectivity index is 1.38. The van der Waals surface area contributed by atoms with Crippen molar-refractivity contribution in [3.63, 3.8) is 0 Å². The van der Waals surface area contributed by atoms with Crippen LogP contribution in [0.25, 0.3) is 0 Å². The molecule has 2 saturated heterocycles. The number of rotatable bonds is 6. The SMILES string of the molecule is O=C(N1C[C@@H](CN2CCOCC2)[C@@H](CO)C1)C1(Cn2cccn2)CC1. The largest absolute Gasteiger partial charge is 0.396 e. The number of carbonyl (C=O) groups is 1. The molecule has 7 nitrogen and oxygen atoms in total. The molecule has 0 spiro atoms. The zero-order valence-corrected chi connectivity index (χ0v) is 14.7. The van der Waals surface area contributed by atoms with Crippen LogP contribution in [0.15, 0.2) is 18.5 Å². The predicted molar refractivity (Wildman–Crippen MR) is 91.8 cm³/mol. The minimum atomic E-state index is -0.264. The van der Waals surface area contributed by atoms with Crippen LogP contribution in [0.3, 0.4) is 0 Å². The molecule has 1 amide bonds. The second-order valence-corrected chi connectivity index (χ2v) is 7.81. The lowest BCUT2D eigenvalue weighted by molar-refractivity contribution is -0.136. The molecule has 25 heavy (non-hydrogen) atoms. The highest BCUT2D eigenvalue weighted by Crippen LogP contribution is 2.49. The number of aliphatic hydroxyl groups is 1. The van der Waals surface area contributed by atoms with E-state index in [0.29, 0.717) is 19.0 Å². The first-order chi connectivity index (χ1) is 12.2. The summed E-state index contributed by atoms with van der Waals surface area (Å²) in [6.07, 6.45) is 5.58. The van der Waals surface area contributed by atoms with E-state index in [1.807, 2.05) is 21.8 Å². The van der Waals surface area contributed by atoms with Crippen molar-refractivity contribution in [2.24, 2.45) is 17.3 Å². The van der Waals surface area contributed by atoms with E-state index in [-0.39, 0.29) is 23.8 Å². The van der Waals surface area contributed by atoms with Gasteiger partial charge in [-0.15, -0.1) is 0 Å². The molecule has 138 valence electrons. The van der Waals surface area contributed by atoms with Crippen molar-refractivity contribution < 1.29 is 14.6 Å². The molecule has 1 N–H and O–H groups in total. The second-order valence-electron chi connectivity index (χ2n) is 7.81. The van der Waals surface area contributed by atoms with E-state index in [9.17, 15) is 9.90 Å². The summed E-state index contributed by atoms with van der Waals surface area (Å²) in [6, 6.07) is 1.90. The van der Waals surface area contributed by atoms with Gasteiger partial charge in [-0.25, -0.2) is 0 Å². The van der Waals surface area contributed by atoms with Crippen molar-refractivity contribution in [1.29, 1.82) is 0 Å². The molecule has 7 heteroatoms. The predicted octanol–water partition coefficient (Wildman–Crippen LogP) is 0.0624. The number of aromatic nitrogens is 2. The molecule has 2 aliphatic heterocycles. The molecule has 0 unspecified atom stereocenters. The zero-order chi connectivity index (χ0) is 17.3. The fourth-order valence-electron chi connectivity index (χ4n) is 4.26. The van der Waals surface area contributed by atoms with Crippen LogP contribution in [-0.4, -0.2) is 83.1 Å². The topological polar surface area (TPSA) is 70.8 Å². The van der Waals surface area contributed by atoms with Gasteiger partial charge in [0.1, 0.15) is 0 Å². The Morgan fingerprint density at radius 1 is 1.24 bits per heavy atom. The number of ether oxygens (including phenoxy) is 1. The highest BCUT2D eigenvalue weighted by molar-refractivity contribution is 5.85. The van der Waals surface area contributed by atoms with Crippen LogP contribution in [0.4, 0.5) is 0 Å². The maximum absolute atomic E-state index is 13.1. The zero-order valence-electron chi connectivity index (χ0n) is 14.7. The van der Waals surface area contributed by atoms with E-state index in [1.54, 1.807) is 6.20 Å². The van der Waals surface area contributed by atoms with Crippen molar-refractivity contribution in [1.82, 2.24) is 19.6 Å². The number of likely N-dealkylation sites (tertiary alicyclic amines) is 1. The van der Waals surface area contributed by atoms with Gasteiger partial charge in [0.2, 0.25) is 5.91 Å². The van der Waals surface area contributed by atoms with Crippen molar-refractivity contribution in [3.8, 4) is 0 Å². The number of hydrogen-bond acceptors (Lipinski definition) is 5. The lowest BCUT2D eigenvalue weighted by Crippen LogP contribution is -2.42. The lowest BCUT2D eigenvalue weighted by Gasteiger charge is -2.30. The average Bonchev–Trinajstić information content (AvgIpc) is 3.05. The highest BCUT2D eigenvalue weighted by atomic mass is 16.5. The molecule has 1 aliphatic carbocycles. The summed E-state index contributed by atoms with van der Waals surface area (Å²) in [7, 11) is 0. The maximum Gasteiger partial charge on any atom is 0.230 e. The van der Waals surface area contributed by atoms with E-state index in [2.05, 4.69) is 10.00 Å². The average molecular weight is 348 g/mol. The van der Waals surface area contributed by atoms with Gasteiger partial charge in [0.15, 0.2) is 0 Å². The summed E-state index contributed by atoms with van der Waals surface area (Å²) in [5.74, 6) is 0.797. The van der Waals surface area contributed by atoms with Crippen LogP contribution < -0.4 is 0 Å². The van der Waals surface area contributed by atoms with Crippen LogP contribution in [0.1, 0.15) is 12.8 Å². The van der Waals surface area contributed by atoms with E-state index < -0.39 is 0 Å². The Bertz CT molecular complexity index is 581. The molecule has 0 radical (unpaired) electrons. The van der Waals surface area contributed by atoms with Crippen LogP contribution >= 0.6 is 0 Å². The molecular weight excluding hydrogens is 320 g/mol. The van der Waals surface area contributed by atoms with E-state index >= 15 is 0 Å². The van der Waals surface area contributed by atoms with Gasteiger partial charge in [0, 0.05) is 57.6 Å². The van der Waals surface area contributed by atoms with Gasteiger partial charge in [-0.2, -0.15) is 5.10 Å². The minimum absolute atomic E-state index is 0.158. The fourth-order valence-corrected chi connectivity index (χ4v) is 4.26. The van der Waals surface area contributed by atoms with E-state index in [4.69, 9.17) is 4.74 Å². The van der Waals surface area contributed by atoms with Gasteiger partial charge in [0.25, 0.3) is 0 Å². The molecule has 3 aliphatic rings. The lowest BCUT2D eigenvalue weighted by atomic mass is 9.96. The summed E-state index contributed by atoms with van der Waals surface area (Å²) in [5, 5.41) is 14.1. The van der Waals surface area contributed by atoms with Crippen LogP contribution in [0.2, 0.25) is 0 Å². The Hall–Kier alpha value is -1.44. The smallest absolute Gasteiger partial charge is 0.230 e. The standard InChI is InChI=1S/C18H28N4O3/c23-13-16-12-21(11-15(16)10-20-6-8-25-9-7-20)17(24)18(2-3-18)14-22-5-1-4-19-22/h1,4-5,15-16,23H,2-3,6-14H2/t15-,16-/m1/s1.